The lowest BCUT2D eigenvalue weighted by Gasteiger charge is -2.38. The van der Waals surface area contributed by atoms with E-state index in [4.69, 9.17) is 18.9 Å². The first-order chi connectivity index (χ1) is 23.9. The molecule has 13 heteroatoms. The summed E-state index contributed by atoms with van der Waals surface area (Å²) in [6.07, 6.45) is 5.28. The lowest BCUT2D eigenvalue weighted by molar-refractivity contribution is -0.160. The highest BCUT2D eigenvalue weighted by molar-refractivity contribution is 6.32. The predicted molar refractivity (Wildman–Crippen MR) is 183 cm³/mol. The van der Waals surface area contributed by atoms with Crippen LogP contribution in [0, 0.1) is 30.6 Å². The molecule has 6 rings (SSSR count). The number of benzene rings is 1. The van der Waals surface area contributed by atoms with E-state index in [0.717, 1.165) is 0 Å². The fourth-order valence-electron chi connectivity index (χ4n) is 7.05. The molecular weight excluding hydrogens is 660 g/mol. The van der Waals surface area contributed by atoms with Crippen LogP contribution in [0.1, 0.15) is 102 Å². The second-order valence-electron chi connectivity index (χ2n) is 13.8. The van der Waals surface area contributed by atoms with Gasteiger partial charge in [-0.1, -0.05) is 45.9 Å². The molecular formula is C38H44N2O11. The van der Waals surface area contributed by atoms with Gasteiger partial charge in [0.25, 0.3) is 5.78 Å². The zero-order chi connectivity index (χ0) is 37.7. The van der Waals surface area contributed by atoms with Crippen molar-refractivity contribution in [2.45, 2.75) is 85.6 Å². The van der Waals surface area contributed by atoms with Crippen molar-refractivity contribution in [1.82, 2.24) is 9.97 Å². The summed E-state index contributed by atoms with van der Waals surface area (Å²) in [5, 5.41) is 33.9. The quantitative estimate of drug-likeness (QED) is 0.321. The van der Waals surface area contributed by atoms with Crippen LogP contribution in [0.4, 0.5) is 0 Å². The number of fused-ring (bicyclic) bond motifs is 12. The van der Waals surface area contributed by atoms with E-state index in [1.54, 1.807) is 52.8 Å². The van der Waals surface area contributed by atoms with Crippen molar-refractivity contribution in [2.75, 3.05) is 7.11 Å². The molecule has 0 fully saturated rings. The highest BCUT2D eigenvalue weighted by atomic mass is 16.7. The molecule has 272 valence electrons. The normalized spacial score (nSPS) is 31.0. The van der Waals surface area contributed by atoms with Crippen LogP contribution in [0.25, 0.3) is 5.57 Å². The van der Waals surface area contributed by atoms with Gasteiger partial charge in [0.2, 0.25) is 5.78 Å². The number of methoxy groups -OCH3 is 1. The number of aliphatic hydroxyl groups is 2. The van der Waals surface area contributed by atoms with Crippen molar-refractivity contribution in [1.29, 1.82) is 0 Å². The van der Waals surface area contributed by atoms with Gasteiger partial charge < -0.3 is 34.3 Å². The molecule has 3 aliphatic heterocycles. The van der Waals surface area contributed by atoms with E-state index in [9.17, 15) is 34.5 Å². The van der Waals surface area contributed by atoms with Gasteiger partial charge in [0.1, 0.15) is 23.3 Å². The summed E-state index contributed by atoms with van der Waals surface area (Å²) >= 11 is 0. The molecule has 1 aromatic heterocycles. The Labute approximate surface area is 296 Å². The third-order valence-electron chi connectivity index (χ3n) is 10.3. The number of phenolic OH excluding ortho intramolecular Hbond substituents is 1. The van der Waals surface area contributed by atoms with Gasteiger partial charge in [0.15, 0.2) is 11.6 Å². The minimum Gasteiger partial charge on any atom is -0.507 e. The summed E-state index contributed by atoms with van der Waals surface area (Å²) in [7, 11) is 1.43. The minimum atomic E-state index is -2.01. The number of rotatable bonds is 2. The maximum Gasteiger partial charge on any atom is 0.312 e. The first-order valence-electron chi connectivity index (χ1n) is 16.8. The number of ether oxygens (including phenoxy) is 4. The summed E-state index contributed by atoms with van der Waals surface area (Å²) in [4.78, 5) is 62.9. The summed E-state index contributed by atoms with van der Waals surface area (Å²) in [6, 6.07) is 0. The Morgan fingerprint density at radius 3 is 2.27 bits per heavy atom. The number of nitrogens with zero attached hydrogens (tertiary/aromatic N) is 2. The molecule has 4 heterocycles. The van der Waals surface area contributed by atoms with Crippen molar-refractivity contribution >= 4 is 28.9 Å². The largest absolute Gasteiger partial charge is 0.507 e. The van der Waals surface area contributed by atoms with Crippen molar-refractivity contribution in [2.24, 2.45) is 23.7 Å². The number of aromatic hydroxyl groups is 1. The summed E-state index contributed by atoms with van der Waals surface area (Å²) in [6.45, 7) is 12.8. The number of allylic oxidation sites excluding steroid dienone is 3. The van der Waals surface area contributed by atoms with Gasteiger partial charge in [-0.3, -0.25) is 19.2 Å². The summed E-state index contributed by atoms with van der Waals surface area (Å²) in [5.74, 6) is -7.61. The Balaban J connectivity index is 1.65. The molecule has 0 amide bonds. The molecule has 0 saturated carbocycles. The van der Waals surface area contributed by atoms with Crippen LogP contribution in [-0.2, 0) is 19.0 Å². The molecule has 7 bridgehead atoms. The van der Waals surface area contributed by atoms with Crippen molar-refractivity contribution in [3.63, 3.8) is 0 Å². The number of aromatic nitrogens is 2. The Morgan fingerprint density at radius 2 is 1.63 bits per heavy atom. The molecule has 13 nitrogen and oxygen atoms in total. The first-order valence-corrected chi connectivity index (χ1v) is 16.8. The molecule has 9 atom stereocenters. The monoisotopic (exact) mass is 704 g/mol. The van der Waals surface area contributed by atoms with Gasteiger partial charge >= 0.3 is 11.8 Å². The van der Waals surface area contributed by atoms with Gasteiger partial charge in [0, 0.05) is 56.4 Å². The van der Waals surface area contributed by atoms with Gasteiger partial charge in [-0.05, 0) is 25.5 Å². The van der Waals surface area contributed by atoms with Gasteiger partial charge in [-0.25, -0.2) is 9.97 Å². The highest BCUT2D eigenvalue weighted by Gasteiger charge is 2.52. The number of hydrogen-bond donors (Lipinski definition) is 3. The predicted octanol–water partition coefficient (Wildman–Crippen LogP) is 4.27. The topological polar surface area (TPSA) is 192 Å². The molecule has 0 radical (unpaired) electrons. The Bertz CT molecular complexity index is 1880. The summed E-state index contributed by atoms with van der Waals surface area (Å²) in [5.41, 5.74) is -0.667. The molecule has 2 aromatic rings. The minimum absolute atomic E-state index is 0.0599. The standard InChI is InChI=1S/C38H44N2O11/c1-16-11-10-12-17(2)37-39-15-23-28(40-37)33(46)26-25(32(23)45)27-35(21(6)31(26)44)51-38(8,36(27)47)49-14-13-24(48-9)18(3)34(50-22(7)41)20(5)30(43)19(4)29(16)42/h10-16,18-20,24,29-30,34,42-44H,1-9H3/t16-,18-,19-,20-,24+,29-,30-,34-,38-/m0/s1. The third kappa shape index (κ3) is 6.49. The zero-order valence-corrected chi connectivity index (χ0v) is 30.1. The maximum atomic E-state index is 14.0. The number of carbonyl (C=O) groups is 4. The second-order valence-corrected chi connectivity index (χ2v) is 13.8. The summed E-state index contributed by atoms with van der Waals surface area (Å²) < 4.78 is 23.3. The van der Waals surface area contributed by atoms with Crippen molar-refractivity contribution in [3.8, 4) is 11.5 Å². The molecule has 3 N–H and O–H groups in total. The van der Waals surface area contributed by atoms with Gasteiger partial charge in [-0.15, -0.1) is 0 Å². The van der Waals surface area contributed by atoms with Crippen LogP contribution >= 0.6 is 0 Å². The van der Waals surface area contributed by atoms with E-state index in [1.165, 1.54) is 46.4 Å². The molecule has 0 saturated heterocycles. The first kappa shape index (κ1) is 37.5. The Morgan fingerprint density at radius 1 is 0.941 bits per heavy atom. The molecule has 0 unspecified atom stereocenters. The molecule has 1 aromatic carbocycles. The van der Waals surface area contributed by atoms with E-state index in [0.29, 0.717) is 5.57 Å². The van der Waals surface area contributed by atoms with E-state index in [2.05, 4.69) is 9.97 Å². The lowest BCUT2D eigenvalue weighted by Crippen LogP contribution is -2.46. The van der Waals surface area contributed by atoms with Crippen molar-refractivity contribution < 1.29 is 53.4 Å². The fourth-order valence-corrected chi connectivity index (χ4v) is 7.05. The van der Waals surface area contributed by atoms with E-state index in [1.807, 2.05) is 0 Å². The SMILES string of the molecule is CO[C@@H]1C=CO[C@@]2(C)Oc3c(C)c(O)c4c(c3C2=O)C(=O)c2cnc(nc2C4=O)C(C)=CC=C[C@H](C)[C@H](O)[C@H](C)[C@H](O)[C@H](C)[C@@H](OC(C)=O)[C@H]1C. The van der Waals surface area contributed by atoms with Crippen molar-refractivity contribution in [3.05, 3.63) is 76.1 Å². The number of carbonyl (C=O) groups excluding carboxylic acids is 4. The van der Waals surface area contributed by atoms with Crippen LogP contribution in [0.2, 0.25) is 0 Å². The average molecular weight is 705 g/mol. The molecule has 4 aliphatic rings. The van der Waals surface area contributed by atoms with E-state index >= 15 is 0 Å². The molecule has 0 spiro atoms. The number of hydrogen-bond acceptors (Lipinski definition) is 13. The van der Waals surface area contributed by atoms with Crippen LogP contribution in [0.3, 0.4) is 0 Å². The van der Waals surface area contributed by atoms with Crippen LogP contribution in [0.15, 0.2) is 36.8 Å². The van der Waals surface area contributed by atoms with E-state index < -0.39 is 82.9 Å². The fraction of sp³-hybridized carbons (Fsp3) is 0.474. The number of phenols is 1. The van der Waals surface area contributed by atoms with Crippen LogP contribution in [-0.4, -0.2) is 85.9 Å². The highest BCUT2D eigenvalue weighted by Crippen LogP contribution is 2.48. The molecule has 51 heavy (non-hydrogen) atoms. The maximum absolute atomic E-state index is 14.0. The Hall–Kier alpha value is -4.72. The van der Waals surface area contributed by atoms with Crippen LogP contribution in [0.5, 0.6) is 11.5 Å². The average Bonchev–Trinajstić information content (AvgIpc) is 3.36. The van der Waals surface area contributed by atoms with Gasteiger partial charge in [-0.2, -0.15) is 0 Å². The third-order valence-corrected chi connectivity index (χ3v) is 10.3. The number of Topliss-reactive ketones (excluding diaryl/α,β-unsaturated/α-hetero) is 1. The Kier molecular flexibility index (Phi) is 10.4. The second kappa shape index (κ2) is 14.1. The van der Waals surface area contributed by atoms with Gasteiger partial charge in [0.05, 0.1) is 46.8 Å². The van der Waals surface area contributed by atoms with E-state index in [-0.39, 0.29) is 45.1 Å². The number of esters is 1. The lowest BCUT2D eigenvalue weighted by atomic mass is 9.78. The zero-order valence-electron chi connectivity index (χ0n) is 30.1. The smallest absolute Gasteiger partial charge is 0.312 e. The molecule has 1 aliphatic carbocycles. The number of ketones is 3. The number of aliphatic hydroxyl groups excluding tert-OH is 2. The van der Waals surface area contributed by atoms with Crippen LogP contribution < -0.4 is 4.74 Å².